The Labute approximate surface area is 209 Å². The zero-order valence-electron chi connectivity index (χ0n) is 21.2. The Morgan fingerprint density at radius 1 is 1.03 bits per heavy atom. The summed E-state index contributed by atoms with van der Waals surface area (Å²) in [6.07, 6.45) is 0.891. The van der Waals surface area contributed by atoms with E-state index in [0.29, 0.717) is 34.9 Å². The molecule has 2 aromatic heterocycles. The maximum absolute atomic E-state index is 13.8. The lowest BCUT2D eigenvalue weighted by atomic mass is 10.1. The van der Waals surface area contributed by atoms with Gasteiger partial charge in [0.15, 0.2) is 5.65 Å². The number of methoxy groups -OCH3 is 1. The van der Waals surface area contributed by atoms with Gasteiger partial charge in [-0.15, -0.1) is 0 Å². The summed E-state index contributed by atoms with van der Waals surface area (Å²) < 4.78 is 7.84. The third-order valence-electron chi connectivity index (χ3n) is 6.31. The molecular formula is C28H30N4O4. The number of pyridine rings is 1. The van der Waals surface area contributed by atoms with Gasteiger partial charge in [0.25, 0.3) is 5.56 Å². The molecule has 0 spiro atoms. The number of rotatable bonds is 7. The highest BCUT2D eigenvalue weighted by atomic mass is 16.5. The summed E-state index contributed by atoms with van der Waals surface area (Å²) in [6.45, 7) is 7.52. The van der Waals surface area contributed by atoms with Gasteiger partial charge in [0.2, 0.25) is 5.91 Å². The highest BCUT2D eigenvalue weighted by Crippen LogP contribution is 2.24. The summed E-state index contributed by atoms with van der Waals surface area (Å²) in [7, 11) is 1.51. The Bertz CT molecular complexity index is 1550. The van der Waals surface area contributed by atoms with Gasteiger partial charge >= 0.3 is 5.69 Å². The number of aryl methyl sites for hydroxylation is 3. The molecule has 2 aromatic carbocycles. The first-order chi connectivity index (χ1) is 17.3. The van der Waals surface area contributed by atoms with Crippen LogP contribution in [0.3, 0.4) is 0 Å². The molecule has 0 bridgehead atoms. The standard InChI is InChI=1S/C28H30N4O4/c1-6-20-12-14-21(15-13-20)30(7-2)24(33)17-31-27(34)25-18(3)16-19(4)29-26(25)32(28(31)35)22-10-8-9-11-23(22)36-5/h8-16H,6-7,17H2,1-5H3. The molecule has 0 N–H and O–H groups in total. The van der Waals surface area contributed by atoms with E-state index < -0.39 is 17.8 Å². The molecular weight excluding hydrogens is 456 g/mol. The Kier molecular flexibility index (Phi) is 7.05. The quantitative estimate of drug-likeness (QED) is 0.397. The van der Waals surface area contributed by atoms with Crippen molar-refractivity contribution in [1.82, 2.24) is 14.1 Å². The molecule has 186 valence electrons. The van der Waals surface area contributed by atoms with Gasteiger partial charge in [-0.25, -0.2) is 18.9 Å². The molecule has 8 heteroatoms. The van der Waals surface area contributed by atoms with E-state index in [1.54, 1.807) is 42.2 Å². The number of benzene rings is 2. The number of para-hydroxylation sites is 2. The second kappa shape index (κ2) is 10.2. The van der Waals surface area contributed by atoms with Crippen molar-refractivity contribution < 1.29 is 9.53 Å². The van der Waals surface area contributed by atoms with Crippen molar-refractivity contribution in [3.8, 4) is 11.4 Å². The van der Waals surface area contributed by atoms with Crippen LogP contribution in [-0.2, 0) is 17.8 Å². The molecule has 0 saturated carbocycles. The van der Waals surface area contributed by atoms with Crippen LogP contribution in [0.4, 0.5) is 5.69 Å². The maximum atomic E-state index is 13.8. The lowest BCUT2D eigenvalue weighted by Gasteiger charge is -2.22. The van der Waals surface area contributed by atoms with Crippen LogP contribution in [0.25, 0.3) is 16.7 Å². The van der Waals surface area contributed by atoms with Crippen molar-refractivity contribution in [2.75, 3.05) is 18.6 Å². The average Bonchev–Trinajstić information content (AvgIpc) is 2.87. The Morgan fingerprint density at radius 3 is 2.36 bits per heavy atom. The van der Waals surface area contributed by atoms with Gasteiger partial charge in [-0.2, -0.15) is 0 Å². The largest absolute Gasteiger partial charge is 0.495 e. The normalized spacial score (nSPS) is 11.0. The summed E-state index contributed by atoms with van der Waals surface area (Å²) in [5.41, 5.74) is 2.70. The number of ether oxygens (including phenoxy) is 1. The van der Waals surface area contributed by atoms with E-state index in [-0.39, 0.29) is 16.9 Å². The number of amides is 1. The van der Waals surface area contributed by atoms with Gasteiger partial charge in [-0.1, -0.05) is 31.2 Å². The van der Waals surface area contributed by atoms with Gasteiger partial charge in [-0.05, 0) is 68.7 Å². The first-order valence-electron chi connectivity index (χ1n) is 12.0. The first-order valence-corrected chi connectivity index (χ1v) is 12.0. The Hall–Kier alpha value is -4.20. The van der Waals surface area contributed by atoms with Crippen molar-refractivity contribution in [3.63, 3.8) is 0 Å². The molecule has 0 unspecified atom stereocenters. The van der Waals surface area contributed by atoms with Crippen LogP contribution in [0.5, 0.6) is 5.75 Å². The molecule has 0 fully saturated rings. The maximum Gasteiger partial charge on any atom is 0.337 e. The van der Waals surface area contributed by atoms with E-state index >= 15 is 0 Å². The number of hydrogen-bond acceptors (Lipinski definition) is 5. The zero-order chi connectivity index (χ0) is 26.0. The third kappa shape index (κ3) is 4.42. The minimum atomic E-state index is -0.653. The number of anilines is 1. The van der Waals surface area contributed by atoms with Gasteiger partial charge in [0.1, 0.15) is 12.3 Å². The minimum Gasteiger partial charge on any atom is -0.495 e. The minimum absolute atomic E-state index is 0.234. The number of aromatic nitrogens is 3. The van der Waals surface area contributed by atoms with Crippen LogP contribution >= 0.6 is 0 Å². The predicted molar refractivity (Wildman–Crippen MR) is 141 cm³/mol. The first kappa shape index (κ1) is 24.9. The summed E-state index contributed by atoms with van der Waals surface area (Å²) >= 11 is 0. The van der Waals surface area contributed by atoms with E-state index in [1.807, 2.05) is 38.1 Å². The van der Waals surface area contributed by atoms with E-state index in [1.165, 1.54) is 11.7 Å². The van der Waals surface area contributed by atoms with E-state index in [0.717, 1.165) is 16.6 Å². The molecule has 0 atom stereocenters. The summed E-state index contributed by atoms with van der Waals surface area (Å²) in [5.74, 6) is 0.0918. The van der Waals surface area contributed by atoms with Crippen LogP contribution in [0, 0.1) is 13.8 Å². The molecule has 4 rings (SSSR count). The van der Waals surface area contributed by atoms with Crippen LogP contribution < -0.4 is 20.9 Å². The highest BCUT2D eigenvalue weighted by molar-refractivity contribution is 5.93. The lowest BCUT2D eigenvalue weighted by molar-refractivity contribution is -0.119. The van der Waals surface area contributed by atoms with Crippen LogP contribution in [0.2, 0.25) is 0 Å². The second-order valence-corrected chi connectivity index (χ2v) is 8.62. The average molecular weight is 487 g/mol. The van der Waals surface area contributed by atoms with Gasteiger partial charge in [-0.3, -0.25) is 9.59 Å². The Morgan fingerprint density at radius 2 is 1.72 bits per heavy atom. The third-order valence-corrected chi connectivity index (χ3v) is 6.31. The predicted octanol–water partition coefficient (Wildman–Crippen LogP) is 3.79. The summed E-state index contributed by atoms with van der Waals surface area (Å²) in [6, 6.07) is 16.5. The monoisotopic (exact) mass is 486 g/mol. The van der Waals surface area contributed by atoms with E-state index in [4.69, 9.17) is 4.74 Å². The molecule has 0 aliphatic rings. The van der Waals surface area contributed by atoms with E-state index in [9.17, 15) is 14.4 Å². The van der Waals surface area contributed by atoms with Crippen molar-refractivity contribution in [1.29, 1.82) is 0 Å². The van der Waals surface area contributed by atoms with Crippen molar-refractivity contribution in [3.05, 3.63) is 92.3 Å². The number of carbonyl (C=O) groups excluding carboxylic acids is 1. The smallest absolute Gasteiger partial charge is 0.337 e. The zero-order valence-corrected chi connectivity index (χ0v) is 21.2. The number of hydrogen-bond donors (Lipinski definition) is 0. The van der Waals surface area contributed by atoms with Crippen molar-refractivity contribution in [2.24, 2.45) is 0 Å². The molecule has 0 aliphatic carbocycles. The molecule has 36 heavy (non-hydrogen) atoms. The fourth-order valence-corrected chi connectivity index (χ4v) is 4.48. The van der Waals surface area contributed by atoms with Gasteiger partial charge in [0, 0.05) is 17.9 Å². The lowest BCUT2D eigenvalue weighted by Crippen LogP contribution is -2.45. The molecule has 0 radical (unpaired) electrons. The SMILES string of the molecule is CCc1ccc(N(CC)C(=O)Cn2c(=O)c3c(C)cc(C)nc3n(-c3ccccc3OC)c2=O)cc1. The molecule has 8 nitrogen and oxygen atoms in total. The number of likely N-dealkylation sites (N-methyl/N-ethyl adjacent to an activating group) is 1. The molecule has 2 heterocycles. The molecule has 0 aliphatic heterocycles. The van der Waals surface area contributed by atoms with Gasteiger partial charge < -0.3 is 9.64 Å². The van der Waals surface area contributed by atoms with Crippen LogP contribution in [-0.4, -0.2) is 33.7 Å². The van der Waals surface area contributed by atoms with Crippen molar-refractivity contribution >= 4 is 22.6 Å². The Balaban J connectivity index is 1.92. The number of carbonyl (C=O) groups is 1. The highest BCUT2D eigenvalue weighted by Gasteiger charge is 2.23. The van der Waals surface area contributed by atoms with Gasteiger partial charge in [0.05, 0.1) is 18.2 Å². The van der Waals surface area contributed by atoms with Crippen LogP contribution in [0.15, 0.2) is 64.2 Å². The molecule has 0 saturated heterocycles. The second-order valence-electron chi connectivity index (χ2n) is 8.62. The van der Waals surface area contributed by atoms with Crippen LogP contribution in [0.1, 0.15) is 30.7 Å². The number of fused-ring (bicyclic) bond motifs is 1. The van der Waals surface area contributed by atoms with E-state index in [2.05, 4.69) is 11.9 Å². The molecule has 1 amide bonds. The summed E-state index contributed by atoms with van der Waals surface area (Å²) in [4.78, 5) is 47.0. The summed E-state index contributed by atoms with van der Waals surface area (Å²) in [5, 5.41) is 0.286. The topological polar surface area (TPSA) is 86.4 Å². The number of nitrogens with zero attached hydrogens (tertiary/aromatic N) is 4. The fraction of sp³-hybridized carbons (Fsp3) is 0.286. The van der Waals surface area contributed by atoms with Crippen molar-refractivity contribution in [2.45, 2.75) is 40.7 Å². The molecule has 4 aromatic rings. The fourth-order valence-electron chi connectivity index (χ4n) is 4.48.